The Hall–Kier alpha value is -3.96. The summed E-state index contributed by atoms with van der Waals surface area (Å²) < 4.78 is 26.3. The molecule has 1 aromatic heterocycles. The number of anilines is 2. The summed E-state index contributed by atoms with van der Waals surface area (Å²) in [6.45, 7) is 2.08. The predicted octanol–water partition coefficient (Wildman–Crippen LogP) is 3.88. The lowest BCUT2D eigenvalue weighted by atomic mass is 10.1. The van der Waals surface area contributed by atoms with Gasteiger partial charge in [-0.1, -0.05) is 23.7 Å². The summed E-state index contributed by atoms with van der Waals surface area (Å²) in [5, 5.41) is 9.12. The number of methoxy groups -OCH3 is 1. The molecular weight excluding hydrogens is 515 g/mol. The van der Waals surface area contributed by atoms with E-state index in [9.17, 15) is 9.59 Å². The molecule has 0 bridgehead atoms. The highest BCUT2D eigenvalue weighted by Crippen LogP contribution is 2.36. The number of fused-ring (bicyclic) bond motifs is 1. The zero-order chi connectivity index (χ0) is 26.8. The van der Waals surface area contributed by atoms with E-state index in [2.05, 4.69) is 25.9 Å². The largest absolute Gasteiger partial charge is 0.495 e. The molecule has 2 amide bonds. The molecule has 0 radical (unpaired) electrons. The molecule has 3 N–H and O–H groups in total. The number of ether oxygens (including phenoxy) is 2. The number of nitrogens with one attached hydrogen (secondary N) is 3. The SMILES string of the molecule is COc1cc(C(=O)NC2CCNCC2)c(F)cc1Nc1ncc(Cl)c(Oc2cccc3c2C(=O)N(C)C3)n1. The maximum Gasteiger partial charge on any atom is 0.258 e. The maximum atomic E-state index is 15.0. The van der Waals surface area contributed by atoms with E-state index in [-0.39, 0.29) is 45.8 Å². The second kappa shape index (κ2) is 10.8. The van der Waals surface area contributed by atoms with E-state index in [1.807, 2.05) is 6.07 Å². The average Bonchev–Trinajstić information content (AvgIpc) is 3.20. The third kappa shape index (κ3) is 5.20. The molecule has 0 aliphatic carbocycles. The van der Waals surface area contributed by atoms with Crippen molar-refractivity contribution < 1.29 is 23.5 Å². The molecule has 2 aliphatic heterocycles. The lowest BCUT2D eigenvalue weighted by Crippen LogP contribution is -2.42. The highest BCUT2D eigenvalue weighted by atomic mass is 35.5. The molecule has 12 heteroatoms. The highest BCUT2D eigenvalue weighted by molar-refractivity contribution is 6.31. The standard InChI is InChI=1S/C26H26ClFN6O4/c1-34-13-14-4-3-5-20(22(14)25(34)36)38-24-17(27)12-30-26(33-24)32-19-11-18(28)16(10-21(19)37-2)23(35)31-15-6-8-29-9-7-15/h3-5,10-12,15,29H,6-9,13H2,1-2H3,(H,31,35)(H,30,32,33). The van der Waals surface area contributed by atoms with E-state index in [4.69, 9.17) is 21.1 Å². The first-order valence-electron chi connectivity index (χ1n) is 12.1. The number of aromatic nitrogens is 2. The fraction of sp³-hybridized carbons (Fsp3) is 0.308. The van der Waals surface area contributed by atoms with E-state index in [1.54, 1.807) is 24.1 Å². The Morgan fingerprint density at radius 3 is 2.79 bits per heavy atom. The smallest absolute Gasteiger partial charge is 0.258 e. The van der Waals surface area contributed by atoms with Crippen LogP contribution >= 0.6 is 11.6 Å². The molecule has 38 heavy (non-hydrogen) atoms. The number of carbonyl (C=O) groups is 2. The molecule has 2 aliphatic rings. The topological polar surface area (TPSA) is 118 Å². The summed E-state index contributed by atoms with van der Waals surface area (Å²) in [5.74, 6) is -0.805. The Kier molecular flexibility index (Phi) is 7.30. The number of halogens is 2. The van der Waals surface area contributed by atoms with Gasteiger partial charge in [-0.3, -0.25) is 9.59 Å². The van der Waals surface area contributed by atoms with Crippen LogP contribution in [0.4, 0.5) is 16.0 Å². The third-order valence-electron chi connectivity index (χ3n) is 6.45. The molecule has 0 atom stereocenters. The summed E-state index contributed by atoms with van der Waals surface area (Å²) >= 11 is 6.28. The Morgan fingerprint density at radius 2 is 2.03 bits per heavy atom. The molecular formula is C26H26ClFN6O4. The number of nitrogens with zero attached hydrogens (tertiary/aromatic N) is 3. The number of hydrogen-bond acceptors (Lipinski definition) is 8. The number of carbonyl (C=O) groups excluding carboxylic acids is 2. The minimum Gasteiger partial charge on any atom is -0.495 e. The second-order valence-corrected chi connectivity index (χ2v) is 9.46. The first kappa shape index (κ1) is 25.7. The van der Waals surface area contributed by atoms with Crippen molar-refractivity contribution >= 4 is 35.1 Å². The maximum absolute atomic E-state index is 15.0. The van der Waals surface area contributed by atoms with Gasteiger partial charge < -0.3 is 30.3 Å². The molecule has 198 valence electrons. The van der Waals surface area contributed by atoms with Crippen LogP contribution < -0.4 is 25.4 Å². The van der Waals surface area contributed by atoms with E-state index >= 15 is 4.39 Å². The van der Waals surface area contributed by atoms with Gasteiger partial charge in [0.15, 0.2) is 0 Å². The van der Waals surface area contributed by atoms with Crippen LogP contribution in [0.2, 0.25) is 5.02 Å². The lowest BCUT2D eigenvalue weighted by molar-refractivity contribution is 0.0814. The van der Waals surface area contributed by atoms with Crippen LogP contribution in [0.1, 0.15) is 39.1 Å². The highest BCUT2D eigenvalue weighted by Gasteiger charge is 2.29. The van der Waals surface area contributed by atoms with Gasteiger partial charge in [-0.05, 0) is 43.6 Å². The van der Waals surface area contributed by atoms with E-state index in [0.717, 1.165) is 37.6 Å². The molecule has 3 aromatic rings. The molecule has 0 unspecified atom stereocenters. The zero-order valence-electron chi connectivity index (χ0n) is 20.8. The third-order valence-corrected chi connectivity index (χ3v) is 6.71. The summed E-state index contributed by atoms with van der Waals surface area (Å²) in [4.78, 5) is 35.3. The van der Waals surface area contributed by atoms with Crippen molar-refractivity contribution in [2.45, 2.75) is 25.4 Å². The van der Waals surface area contributed by atoms with Gasteiger partial charge in [0.25, 0.3) is 11.8 Å². The summed E-state index contributed by atoms with van der Waals surface area (Å²) in [7, 11) is 3.12. The Labute approximate surface area is 223 Å². The normalized spacial score (nSPS) is 15.3. The van der Waals surface area contributed by atoms with Gasteiger partial charge >= 0.3 is 0 Å². The molecule has 0 spiro atoms. The van der Waals surface area contributed by atoms with Gasteiger partial charge in [0.1, 0.15) is 22.3 Å². The van der Waals surface area contributed by atoms with Crippen LogP contribution in [0.5, 0.6) is 17.4 Å². The van der Waals surface area contributed by atoms with Crippen molar-refractivity contribution in [2.24, 2.45) is 0 Å². The first-order valence-corrected chi connectivity index (χ1v) is 12.5. The number of hydrogen-bond donors (Lipinski definition) is 3. The van der Waals surface area contributed by atoms with Gasteiger partial charge in [0.05, 0.1) is 30.1 Å². The number of rotatable bonds is 7. The summed E-state index contributed by atoms with van der Waals surface area (Å²) in [6, 6.07) is 7.76. The van der Waals surface area contributed by atoms with Crippen molar-refractivity contribution in [2.75, 3.05) is 32.6 Å². The van der Waals surface area contributed by atoms with Crippen LogP contribution in [-0.4, -0.2) is 60.0 Å². The molecule has 1 fully saturated rings. The molecule has 10 nitrogen and oxygen atoms in total. The van der Waals surface area contributed by atoms with Gasteiger partial charge in [-0.2, -0.15) is 4.98 Å². The first-order chi connectivity index (χ1) is 18.3. The van der Waals surface area contributed by atoms with Crippen LogP contribution in [0.3, 0.4) is 0 Å². The number of amides is 2. The fourth-order valence-corrected chi connectivity index (χ4v) is 4.62. The predicted molar refractivity (Wildman–Crippen MR) is 139 cm³/mol. The number of benzene rings is 2. The Balaban J connectivity index is 1.37. The summed E-state index contributed by atoms with van der Waals surface area (Å²) in [5.41, 5.74) is 1.36. The number of piperidine rings is 1. The quantitative estimate of drug-likeness (QED) is 0.413. The van der Waals surface area contributed by atoms with Crippen LogP contribution in [-0.2, 0) is 6.54 Å². The van der Waals surface area contributed by atoms with Gasteiger partial charge in [0, 0.05) is 25.7 Å². The minimum absolute atomic E-state index is 0.0114. The fourth-order valence-electron chi connectivity index (χ4n) is 4.49. The van der Waals surface area contributed by atoms with Crippen molar-refractivity contribution in [3.05, 3.63) is 64.1 Å². The van der Waals surface area contributed by atoms with Gasteiger partial charge in [-0.15, -0.1) is 0 Å². The van der Waals surface area contributed by atoms with Crippen molar-refractivity contribution in [1.29, 1.82) is 0 Å². The van der Waals surface area contributed by atoms with Gasteiger partial charge in [-0.25, -0.2) is 9.37 Å². The summed E-state index contributed by atoms with van der Waals surface area (Å²) in [6.07, 6.45) is 2.88. The Morgan fingerprint density at radius 1 is 1.24 bits per heavy atom. The monoisotopic (exact) mass is 540 g/mol. The van der Waals surface area contributed by atoms with Crippen LogP contribution in [0, 0.1) is 5.82 Å². The zero-order valence-corrected chi connectivity index (χ0v) is 21.6. The molecule has 0 saturated carbocycles. The molecule has 1 saturated heterocycles. The van der Waals surface area contributed by atoms with Crippen molar-refractivity contribution in [3.63, 3.8) is 0 Å². The molecule has 3 heterocycles. The van der Waals surface area contributed by atoms with E-state index < -0.39 is 11.7 Å². The van der Waals surface area contributed by atoms with E-state index in [0.29, 0.717) is 17.9 Å². The van der Waals surface area contributed by atoms with Crippen molar-refractivity contribution in [3.8, 4) is 17.4 Å². The average molecular weight is 541 g/mol. The Bertz CT molecular complexity index is 1400. The van der Waals surface area contributed by atoms with Crippen LogP contribution in [0.15, 0.2) is 36.5 Å². The lowest BCUT2D eigenvalue weighted by Gasteiger charge is -2.24. The minimum atomic E-state index is -0.729. The van der Waals surface area contributed by atoms with E-state index in [1.165, 1.54) is 19.4 Å². The molecule has 2 aromatic carbocycles. The van der Waals surface area contributed by atoms with Crippen molar-refractivity contribution in [1.82, 2.24) is 25.5 Å². The van der Waals surface area contributed by atoms with Crippen LogP contribution in [0.25, 0.3) is 0 Å². The second-order valence-electron chi connectivity index (χ2n) is 9.06. The molecule has 5 rings (SSSR count). The van der Waals surface area contributed by atoms with Gasteiger partial charge in [0.2, 0.25) is 11.8 Å².